The number of nitrogens with one attached hydrogen (secondary N) is 1. The third kappa shape index (κ3) is 4.40. The summed E-state index contributed by atoms with van der Waals surface area (Å²) in [5.41, 5.74) is 1.10. The van der Waals surface area contributed by atoms with Crippen LogP contribution in [0.1, 0.15) is 49.4 Å². The minimum Gasteiger partial charge on any atom is -0.449 e. The topological polar surface area (TPSA) is 99.0 Å². The van der Waals surface area contributed by atoms with Crippen LogP contribution in [0.3, 0.4) is 0 Å². The van der Waals surface area contributed by atoms with Crippen LogP contribution in [0.5, 0.6) is 0 Å². The first-order valence-corrected chi connectivity index (χ1v) is 8.48. The summed E-state index contributed by atoms with van der Waals surface area (Å²) in [5.74, 6) is -0.778. The molecule has 1 N–H and O–H groups in total. The number of tetrazole rings is 1. The Balaban J connectivity index is 1.54. The van der Waals surface area contributed by atoms with Crippen LogP contribution >= 0.6 is 0 Å². The van der Waals surface area contributed by atoms with Gasteiger partial charge in [-0.3, -0.25) is 4.79 Å². The monoisotopic (exact) mass is 343 g/mol. The van der Waals surface area contributed by atoms with Crippen LogP contribution in [-0.4, -0.2) is 44.2 Å². The van der Waals surface area contributed by atoms with Gasteiger partial charge in [-0.2, -0.15) is 0 Å². The molecule has 1 heterocycles. The average molecular weight is 343 g/mol. The largest absolute Gasteiger partial charge is 0.449 e. The molecule has 1 aliphatic rings. The van der Waals surface area contributed by atoms with Crippen molar-refractivity contribution < 1.29 is 14.3 Å². The van der Waals surface area contributed by atoms with Crippen LogP contribution in [0.15, 0.2) is 30.6 Å². The average Bonchev–Trinajstić information content (AvgIpc) is 3.17. The van der Waals surface area contributed by atoms with E-state index in [0.29, 0.717) is 5.56 Å². The van der Waals surface area contributed by atoms with E-state index in [1.165, 1.54) is 17.4 Å². The molecule has 0 aliphatic heterocycles. The van der Waals surface area contributed by atoms with Crippen molar-refractivity contribution in [2.45, 2.75) is 51.2 Å². The number of ether oxygens (including phenoxy) is 1. The van der Waals surface area contributed by atoms with Crippen LogP contribution in [0.2, 0.25) is 0 Å². The Hall–Kier alpha value is -2.77. The molecule has 1 aromatic heterocycles. The van der Waals surface area contributed by atoms with Crippen LogP contribution in [-0.2, 0) is 9.53 Å². The van der Waals surface area contributed by atoms with Gasteiger partial charge in [-0.25, -0.2) is 9.48 Å². The molecule has 2 aromatic rings. The second kappa shape index (κ2) is 7.87. The maximum atomic E-state index is 12.2. The summed E-state index contributed by atoms with van der Waals surface area (Å²) in [7, 11) is 0. The number of esters is 1. The molecule has 8 nitrogen and oxygen atoms in total. The number of benzene rings is 1. The van der Waals surface area contributed by atoms with Crippen molar-refractivity contribution in [2.24, 2.45) is 0 Å². The Labute approximate surface area is 145 Å². The Morgan fingerprint density at radius 3 is 2.56 bits per heavy atom. The molecular weight excluding hydrogens is 322 g/mol. The maximum Gasteiger partial charge on any atom is 0.338 e. The summed E-state index contributed by atoms with van der Waals surface area (Å²) >= 11 is 0. The number of carbonyl (C=O) groups is 2. The first kappa shape index (κ1) is 17.1. The highest BCUT2D eigenvalue weighted by Crippen LogP contribution is 2.17. The summed E-state index contributed by atoms with van der Waals surface area (Å²) in [6, 6.07) is 6.84. The van der Waals surface area contributed by atoms with Crippen LogP contribution < -0.4 is 5.32 Å². The number of aromatic nitrogens is 4. The molecule has 1 atom stereocenters. The lowest BCUT2D eigenvalue weighted by atomic mass is 9.95. The first-order valence-electron chi connectivity index (χ1n) is 8.48. The predicted molar refractivity (Wildman–Crippen MR) is 89.0 cm³/mol. The van der Waals surface area contributed by atoms with E-state index in [9.17, 15) is 9.59 Å². The Morgan fingerprint density at radius 2 is 1.92 bits per heavy atom. The van der Waals surface area contributed by atoms with Crippen molar-refractivity contribution in [1.29, 1.82) is 0 Å². The highest BCUT2D eigenvalue weighted by molar-refractivity contribution is 5.92. The van der Waals surface area contributed by atoms with Gasteiger partial charge in [0.1, 0.15) is 6.33 Å². The Bertz CT molecular complexity index is 708. The third-order valence-electron chi connectivity index (χ3n) is 4.32. The van der Waals surface area contributed by atoms with Gasteiger partial charge in [0, 0.05) is 6.04 Å². The standard InChI is InChI=1S/C17H21N5O3/c1-12(16(23)19-14-5-3-2-4-6-14)25-17(24)13-7-9-15(10-8-13)22-11-18-20-21-22/h7-12,14H,2-6H2,1H3,(H,19,23). The van der Waals surface area contributed by atoms with Crippen LogP contribution in [0.4, 0.5) is 0 Å². The number of hydrogen-bond acceptors (Lipinski definition) is 6. The van der Waals surface area contributed by atoms with E-state index in [0.717, 1.165) is 31.4 Å². The lowest BCUT2D eigenvalue weighted by Gasteiger charge is -2.24. The minimum atomic E-state index is -0.825. The zero-order chi connectivity index (χ0) is 17.6. The van der Waals surface area contributed by atoms with Crippen LogP contribution in [0, 0.1) is 0 Å². The number of carbonyl (C=O) groups excluding carboxylic acids is 2. The molecule has 0 radical (unpaired) electrons. The van der Waals surface area contributed by atoms with E-state index in [1.54, 1.807) is 31.2 Å². The molecule has 1 unspecified atom stereocenters. The molecular formula is C17H21N5O3. The number of rotatable bonds is 5. The molecule has 1 aliphatic carbocycles. The molecule has 0 bridgehead atoms. The van der Waals surface area contributed by atoms with Gasteiger partial charge in [-0.15, -0.1) is 5.10 Å². The van der Waals surface area contributed by atoms with Crippen molar-refractivity contribution in [2.75, 3.05) is 0 Å². The highest BCUT2D eigenvalue weighted by atomic mass is 16.5. The quantitative estimate of drug-likeness (QED) is 0.829. The second-order valence-electron chi connectivity index (χ2n) is 6.19. The molecule has 8 heteroatoms. The van der Waals surface area contributed by atoms with Crippen molar-refractivity contribution in [3.63, 3.8) is 0 Å². The van der Waals surface area contributed by atoms with Gasteiger partial charge in [0.15, 0.2) is 6.10 Å². The molecule has 1 saturated carbocycles. The molecule has 1 amide bonds. The third-order valence-corrected chi connectivity index (χ3v) is 4.32. The summed E-state index contributed by atoms with van der Waals surface area (Å²) in [6.07, 6.45) is 6.10. The molecule has 132 valence electrons. The minimum absolute atomic E-state index is 0.193. The first-order chi connectivity index (χ1) is 12.1. The van der Waals surface area contributed by atoms with Gasteiger partial charge in [0.25, 0.3) is 5.91 Å². The fraction of sp³-hybridized carbons (Fsp3) is 0.471. The second-order valence-corrected chi connectivity index (χ2v) is 6.19. The fourth-order valence-corrected chi connectivity index (χ4v) is 2.88. The zero-order valence-corrected chi connectivity index (χ0v) is 14.1. The van der Waals surface area contributed by atoms with E-state index in [2.05, 4.69) is 20.8 Å². The lowest BCUT2D eigenvalue weighted by molar-refractivity contribution is -0.130. The molecule has 25 heavy (non-hydrogen) atoms. The van der Waals surface area contributed by atoms with E-state index in [-0.39, 0.29) is 11.9 Å². The maximum absolute atomic E-state index is 12.2. The summed E-state index contributed by atoms with van der Waals surface area (Å²) in [6.45, 7) is 1.59. The van der Waals surface area contributed by atoms with Crippen molar-refractivity contribution >= 4 is 11.9 Å². The van der Waals surface area contributed by atoms with Crippen molar-refractivity contribution in [3.8, 4) is 5.69 Å². The number of hydrogen-bond donors (Lipinski definition) is 1. The van der Waals surface area contributed by atoms with Gasteiger partial charge < -0.3 is 10.1 Å². The normalized spacial score (nSPS) is 16.2. The SMILES string of the molecule is CC(OC(=O)c1ccc(-n2cnnn2)cc1)C(=O)NC1CCCCC1. The zero-order valence-electron chi connectivity index (χ0n) is 14.1. The Morgan fingerprint density at radius 1 is 1.20 bits per heavy atom. The fourth-order valence-electron chi connectivity index (χ4n) is 2.88. The number of nitrogens with zero attached hydrogens (tertiary/aromatic N) is 4. The molecule has 1 aromatic carbocycles. The predicted octanol–water partition coefficient (Wildman–Crippen LogP) is 1.66. The highest BCUT2D eigenvalue weighted by Gasteiger charge is 2.22. The Kier molecular flexibility index (Phi) is 5.37. The summed E-state index contributed by atoms with van der Waals surface area (Å²) in [4.78, 5) is 24.4. The summed E-state index contributed by atoms with van der Waals surface area (Å²) < 4.78 is 6.75. The summed E-state index contributed by atoms with van der Waals surface area (Å²) in [5, 5.41) is 13.9. The van der Waals surface area contributed by atoms with Crippen molar-refractivity contribution in [3.05, 3.63) is 36.2 Å². The molecule has 0 spiro atoms. The smallest absolute Gasteiger partial charge is 0.338 e. The van der Waals surface area contributed by atoms with E-state index in [1.807, 2.05) is 0 Å². The molecule has 1 fully saturated rings. The van der Waals surface area contributed by atoms with E-state index < -0.39 is 12.1 Å². The van der Waals surface area contributed by atoms with Gasteiger partial charge in [-0.1, -0.05) is 19.3 Å². The van der Waals surface area contributed by atoms with Gasteiger partial charge in [0.05, 0.1) is 11.3 Å². The van der Waals surface area contributed by atoms with Gasteiger partial charge in [0.2, 0.25) is 0 Å². The van der Waals surface area contributed by atoms with Gasteiger partial charge in [-0.05, 0) is 54.5 Å². The molecule has 3 rings (SSSR count). The molecule has 0 saturated heterocycles. The van der Waals surface area contributed by atoms with E-state index in [4.69, 9.17) is 4.74 Å². The van der Waals surface area contributed by atoms with E-state index >= 15 is 0 Å². The van der Waals surface area contributed by atoms with Gasteiger partial charge >= 0.3 is 5.97 Å². The van der Waals surface area contributed by atoms with Crippen molar-refractivity contribution in [1.82, 2.24) is 25.5 Å². The lowest BCUT2D eigenvalue weighted by Crippen LogP contribution is -2.42. The number of amides is 1. The van der Waals surface area contributed by atoms with Crippen LogP contribution in [0.25, 0.3) is 5.69 Å².